The van der Waals surface area contributed by atoms with Gasteiger partial charge in [-0.05, 0) is 25.8 Å². The van der Waals surface area contributed by atoms with E-state index in [-0.39, 0.29) is 7.53 Å². The minimum atomic E-state index is -1.08. The maximum atomic E-state index is 12.3. The fraction of sp³-hybridized carbons (Fsp3) is 1.00. The van der Waals surface area contributed by atoms with Crippen molar-refractivity contribution in [3.8, 4) is 0 Å². The summed E-state index contributed by atoms with van der Waals surface area (Å²) >= 11 is 0. The van der Waals surface area contributed by atoms with Gasteiger partial charge in [-0.2, -0.15) is 0 Å². The molecule has 0 radical (unpaired) electrons. The Kier molecular flexibility index (Phi) is 8.09. The molecular formula is C11H26FNO. The normalized spacial score (nSPS) is 20.1. The summed E-state index contributed by atoms with van der Waals surface area (Å²) < 4.78 is 17.3. The summed E-state index contributed by atoms with van der Waals surface area (Å²) in [7, 11) is 0. The topological polar surface area (TPSA) is 35.2 Å². The van der Waals surface area contributed by atoms with Crippen molar-refractivity contribution in [2.75, 3.05) is 0 Å². The lowest BCUT2D eigenvalue weighted by Gasteiger charge is -2.22. The van der Waals surface area contributed by atoms with E-state index in [0.717, 1.165) is 12.8 Å². The summed E-state index contributed by atoms with van der Waals surface area (Å²) in [5.41, 5.74) is 5.11. The third-order valence-electron chi connectivity index (χ3n) is 1.93. The van der Waals surface area contributed by atoms with E-state index in [1.165, 1.54) is 26.2 Å². The summed E-state index contributed by atoms with van der Waals surface area (Å²) in [5, 5.41) is 0. The zero-order valence-electron chi connectivity index (χ0n) is 9.63. The molecule has 0 aromatic heterocycles. The van der Waals surface area contributed by atoms with Crippen molar-refractivity contribution in [3.05, 3.63) is 0 Å². The molecule has 0 aromatic carbocycles. The highest BCUT2D eigenvalue weighted by Crippen LogP contribution is 2.21. The molecule has 0 heterocycles. The fourth-order valence-electron chi connectivity index (χ4n) is 1.47. The van der Waals surface area contributed by atoms with Gasteiger partial charge in [0, 0.05) is 1.43 Å². The quantitative estimate of drug-likeness (QED) is 0.754. The first-order chi connectivity index (χ1) is 6.52. The lowest BCUT2D eigenvalue weighted by Crippen LogP contribution is -2.19. The minimum absolute atomic E-state index is 0. The Hall–Kier alpha value is -0.150. The van der Waals surface area contributed by atoms with Gasteiger partial charge in [-0.1, -0.05) is 33.1 Å². The second-order valence-corrected chi connectivity index (χ2v) is 4.18. The maximum absolute atomic E-state index is 12.3. The molecule has 0 bridgehead atoms. The van der Waals surface area contributed by atoms with E-state index in [4.69, 9.17) is 10.5 Å². The number of rotatable bonds is 2. The average Bonchev–Trinajstić information content (AvgIpc) is 2.03. The van der Waals surface area contributed by atoms with Crippen molar-refractivity contribution in [1.29, 1.82) is 0 Å². The first-order valence-electron chi connectivity index (χ1n) is 5.57. The Morgan fingerprint density at radius 3 is 2.00 bits per heavy atom. The third kappa shape index (κ3) is 9.93. The van der Waals surface area contributed by atoms with Crippen LogP contribution in [0.15, 0.2) is 0 Å². The highest BCUT2D eigenvalue weighted by molar-refractivity contribution is 4.64. The summed E-state index contributed by atoms with van der Waals surface area (Å²) in [4.78, 5) is 0. The van der Waals surface area contributed by atoms with E-state index in [9.17, 15) is 4.39 Å². The summed E-state index contributed by atoms with van der Waals surface area (Å²) in [6, 6.07) is 0.333. The van der Waals surface area contributed by atoms with Gasteiger partial charge < -0.3 is 10.5 Å². The molecule has 1 aliphatic rings. The second-order valence-electron chi connectivity index (χ2n) is 4.18. The smallest absolute Gasteiger partial charge is 0.196 e. The molecule has 88 valence electrons. The van der Waals surface area contributed by atoms with Crippen molar-refractivity contribution in [2.24, 2.45) is 5.73 Å². The van der Waals surface area contributed by atoms with Crippen molar-refractivity contribution in [2.45, 2.75) is 71.4 Å². The number of alkyl halides is 1. The van der Waals surface area contributed by atoms with Crippen LogP contribution >= 0.6 is 0 Å². The molecule has 1 aliphatic carbocycles. The molecule has 14 heavy (non-hydrogen) atoms. The van der Waals surface area contributed by atoms with Crippen LogP contribution in [-0.4, -0.2) is 18.5 Å². The zero-order chi connectivity index (χ0) is 11.0. The number of halogens is 1. The molecule has 3 heteroatoms. The van der Waals surface area contributed by atoms with Crippen LogP contribution in [0.5, 0.6) is 0 Å². The van der Waals surface area contributed by atoms with Gasteiger partial charge in [-0.25, -0.2) is 4.39 Å². The van der Waals surface area contributed by atoms with E-state index < -0.39 is 6.36 Å². The largest absolute Gasteiger partial charge is 0.345 e. The van der Waals surface area contributed by atoms with Gasteiger partial charge in [0.05, 0.1) is 6.10 Å². The van der Waals surface area contributed by atoms with Crippen LogP contribution in [0, 0.1) is 0 Å². The van der Waals surface area contributed by atoms with Crippen molar-refractivity contribution in [1.82, 2.24) is 0 Å². The molecular weight excluding hydrogens is 181 g/mol. The minimum Gasteiger partial charge on any atom is -0.345 e. The van der Waals surface area contributed by atoms with Gasteiger partial charge in [0.1, 0.15) is 0 Å². The molecule has 1 fully saturated rings. The van der Waals surface area contributed by atoms with Crippen LogP contribution in [0.1, 0.15) is 54.3 Å². The molecule has 1 unspecified atom stereocenters. The molecule has 1 rings (SSSR count). The van der Waals surface area contributed by atoms with E-state index in [0.29, 0.717) is 6.04 Å². The zero-order valence-corrected chi connectivity index (χ0v) is 9.63. The van der Waals surface area contributed by atoms with Crippen LogP contribution in [0.25, 0.3) is 0 Å². The predicted octanol–water partition coefficient (Wildman–Crippen LogP) is 3.25. The number of nitrogens with two attached hydrogens (primary N) is 1. The highest BCUT2D eigenvalue weighted by atomic mass is 19.1. The van der Waals surface area contributed by atoms with Gasteiger partial charge in [0.2, 0.25) is 0 Å². The Morgan fingerprint density at radius 2 is 1.64 bits per heavy atom. The number of hydrogen-bond donors (Lipinski definition) is 1. The number of hydrogen-bond acceptors (Lipinski definition) is 2. The van der Waals surface area contributed by atoms with Gasteiger partial charge in [0.25, 0.3) is 0 Å². The molecule has 0 aliphatic heterocycles. The van der Waals surface area contributed by atoms with E-state index in [1.54, 1.807) is 0 Å². The lowest BCUT2D eigenvalue weighted by atomic mass is 9.98. The van der Waals surface area contributed by atoms with Gasteiger partial charge in [-0.3, -0.25) is 0 Å². The lowest BCUT2D eigenvalue weighted by molar-refractivity contribution is -0.0854. The fourth-order valence-corrected chi connectivity index (χ4v) is 1.47. The Morgan fingerprint density at radius 1 is 1.21 bits per heavy atom. The van der Waals surface area contributed by atoms with Gasteiger partial charge in [0.15, 0.2) is 6.36 Å². The molecule has 0 amide bonds. The molecule has 2 N–H and O–H groups in total. The standard InChI is InChI=1S/C8H15FO.C3H9N.H2/c1-7(9)10-8-5-3-2-4-6-8;1-3(2)4;/h7-8H,2-6H2,1H3;3H,4H2,1-2H3;1H. The van der Waals surface area contributed by atoms with Crippen molar-refractivity contribution >= 4 is 0 Å². The highest BCUT2D eigenvalue weighted by Gasteiger charge is 2.15. The van der Waals surface area contributed by atoms with Crippen molar-refractivity contribution in [3.63, 3.8) is 0 Å². The van der Waals surface area contributed by atoms with E-state index >= 15 is 0 Å². The second kappa shape index (κ2) is 8.18. The third-order valence-corrected chi connectivity index (χ3v) is 1.93. The number of ether oxygens (including phenoxy) is 1. The molecule has 2 nitrogen and oxygen atoms in total. The van der Waals surface area contributed by atoms with Crippen LogP contribution in [0.3, 0.4) is 0 Å². The average molecular weight is 207 g/mol. The Bertz CT molecular complexity index is 125. The molecule has 1 saturated carbocycles. The summed E-state index contributed by atoms with van der Waals surface area (Å²) in [6.45, 7) is 5.34. The molecule has 1 atom stereocenters. The first-order valence-corrected chi connectivity index (χ1v) is 5.57. The molecule has 0 saturated heterocycles. The monoisotopic (exact) mass is 207 g/mol. The SMILES string of the molecule is CC(C)N.CC(F)OC1CCCCC1.[HH]. The van der Waals surface area contributed by atoms with Crippen LogP contribution < -0.4 is 5.73 Å². The summed E-state index contributed by atoms with van der Waals surface area (Å²) in [6.07, 6.45) is 4.93. The maximum Gasteiger partial charge on any atom is 0.196 e. The Balaban J connectivity index is 0. The van der Waals surface area contributed by atoms with Crippen LogP contribution in [0.4, 0.5) is 4.39 Å². The molecule has 0 aromatic rings. The Labute approximate surface area is 88.5 Å². The van der Waals surface area contributed by atoms with E-state index in [1.807, 2.05) is 13.8 Å². The molecule has 0 spiro atoms. The van der Waals surface area contributed by atoms with Gasteiger partial charge in [-0.15, -0.1) is 0 Å². The van der Waals surface area contributed by atoms with Gasteiger partial charge >= 0.3 is 0 Å². The first kappa shape index (κ1) is 13.8. The van der Waals surface area contributed by atoms with Crippen molar-refractivity contribution < 1.29 is 10.6 Å². The van der Waals surface area contributed by atoms with Crippen LogP contribution in [0.2, 0.25) is 0 Å². The van der Waals surface area contributed by atoms with E-state index in [2.05, 4.69) is 0 Å². The predicted molar refractivity (Wildman–Crippen MR) is 60.0 cm³/mol. The summed E-state index contributed by atoms with van der Waals surface area (Å²) in [5.74, 6) is 0. The van der Waals surface area contributed by atoms with Crippen LogP contribution in [-0.2, 0) is 4.74 Å².